The fourth-order valence-corrected chi connectivity index (χ4v) is 3.95. The van der Waals surface area contributed by atoms with E-state index in [-0.39, 0.29) is 17.7 Å². The van der Waals surface area contributed by atoms with Crippen molar-refractivity contribution >= 4 is 34.8 Å². The smallest absolute Gasteiger partial charge is 0.254 e. The molecule has 0 bridgehead atoms. The average Bonchev–Trinajstić information content (AvgIpc) is 3.45. The lowest BCUT2D eigenvalue weighted by Gasteiger charge is -2.36. The van der Waals surface area contributed by atoms with Gasteiger partial charge in [-0.2, -0.15) is 0 Å². The van der Waals surface area contributed by atoms with Crippen molar-refractivity contribution in [3.05, 3.63) is 59.1 Å². The number of amides is 2. The van der Waals surface area contributed by atoms with Crippen molar-refractivity contribution in [3.8, 4) is 0 Å². The van der Waals surface area contributed by atoms with Crippen LogP contribution in [-0.4, -0.2) is 42.9 Å². The van der Waals surface area contributed by atoms with Crippen molar-refractivity contribution in [2.45, 2.75) is 13.3 Å². The van der Waals surface area contributed by atoms with Crippen molar-refractivity contribution in [1.82, 2.24) is 4.90 Å². The van der Waals surface area contributed by atoms with E-state index in [1.54, 1.807) is 12.1 Å². The minimum absolute atomic E-state index is 0.00491. The van der Waals surface area contributed by atoms with Gasteiger partial charge in [0, 0.05) is 43.3 Å². The molecule has 1 aliphatic heterocycles. The van der Waals surface area contributed by atoms with Crippen LogP contribution in [0.1, 0.15) is 23.7 Å². The molecule has 0 radical (unpaired) electrons. The minimum atomic E-state index is -0.00491. The van der Waals surface area contributed by atoms with Crippen LogP contribution in [0.15, 0.2) is 48.5 Å². The van der Waals surface area contributed by atoms with E-state index in [0.717, 1.165) is 30.2 Å². The molecule has 1 aliphatic carbocycles. The SMILES string of the molecule is CC1CC1C(=O)Nc1cccc(C(=O)N2CCN(c3ccccc3Cl)CC2)c1. The van der Waals surface area contributed by atoms with Gasteiger partial charge in [0.25, 0.3) is 5.91 Å². The van der Waals surface area contributed by atoms with E-state index < -0.39 is 0 Å². The number of rotatable bonds is 4. The highest BCUT2D eigenvalue weighted by atomic mass is 35.5. The first-order chi connectivity index (χ1) is 13.5. The normalized spacial score (nSPS) is 21.4. The Balaban J connectivity index is 1.38. The molecule has 146 valence electrons. The van der Waals surface area contributed by atoms with Gasteiger partial charge in [-0.25, -0.2) is 0 Å². The van der Waals surface area contributed by atoms with E-state index in [1.165, 1.54) is 0 Å². The Bertz CT molecular complexity index is 893. The van der Waals surface area contributed by atoms with E-state index in [9.17, 15) is 9.59 Å². The second-order valence-electron chi connectivity index (χ2n) is 7.62. The molecular weight excluding hydrogens is 374 g/mol. The molecule has 0 aromatic heterocycles. The molecule has 0 spiro atoms. The summed E-state index contributed by atoms with van der Waals surface area (Å²) >= 11 is 6.29. The Kier molecular flexibility index (Phi) is 5.27. The Morgan fingerprint density at radius 2 is 1.75 bits per heavy atom. The molecule has 2 fully saturated rings. The molecule has 2 atom stereocenters. The van der Waals surface area contributed by atoms with E-state index in [0.29, 0.717) is 30.3 Å². The van der Waals surface area contributed by atoms with Crippen molar-refractivity contribution in [3.63, 3.8) is 0 Å². The summed E-state index contributed by atoms with van der Waals surface area (Å²) < 4.78 is 0. The summed E-state index contributed by atoms with van der Waals surface area (Å²) in [6, 6.07) is 15.0. The van der Waals surface area contributed by atoms with Gasteiger partial charge < -0.3 is 15.1 Å². The van der Waals surface area contributed by atoms with Crippen LogP contribution < -0.4 is 10.2 Å². The fraction of sp³-hybridized carbons (Fsp3) is 0.364. The van der Waals surface area contributed by atoms with E-state index in [2.05, 4.69) is 17.1 Å². The standard InChI is InChI=1S/C22H24ClN3O2/c1-15-13-18(15)21(27)24-17-6-4-5-16(14-17)22(28)26-11-9-25(10-12-26)20-8-3-2-7-19(20)23/h2-8,14-15,18H,9-13H2,1H3,(H,24,27). The summed E-state index contributed by atoms with van der Waals surface area (Å²) in [4.78, 5) is 29.1. The molecule has 1 saturated carbocycles. The molecule has 2 aromatic carbocycles. The molecular formula is C22H24ClN3O2. The van der Waals surface area contributed by atoms with Crippen LogP contribution in [0.5, 0.6) is 0 Å². The van der Waals surface area contributed by atoms with Crippen molar-refractivity contribution in [1.29, 1.82) is 0 Å². The predicted molar refractivity (Wildman–Crippen MR) is 112 cm³/mol. The van der Waals surface area contributed by atoms with Gasteiger partial charge in [0.1, 0.15) is 0 Å². The third-order valence-corrected chi connectivity index (χ3v) is 5.90. The number of benzene rings is 2. The lowest BCUT2D eigenvalue weighted by atomic mass is 10.1. The molecule has 2 aliphatic rings. The lowest BCUT2D eigenvalue weighted by molar-refractivity contribution is -0.117. The van der Waals surface area contributed by atoms with Crippen LogP contribution >= 0.6 is 11.6 Å². The zero-order chi connectivity index (χ0) is 19.7. The van der Waals surface area contributed by atoms with Gasteiger partial charge in [-0.05, 0) is 42.7 Å². The molecule has 1 saturated heterocycles. The maximum Gasteiger partial charge on any atom is 0.254 e. The van der Waals surface area contributed by atoms with Gasteiger partial charge in [0.15, 0.2) is 0 Å². The third-order valence-electron chi connectivity index (χ3n) is 5.58. The lowest BCUT2D eigenvalue weighted by Crippen LogP contribution is -2.48. The zero-order valence-electron chi connectivity index (χ0n) is 15.9. The Morgan fingerprint density at radius 3 is 2.43 bits per heavy atom. The number of hydrogen-bond acceptors (Lipinski definition) is 3. The molecule has 6 heteroatoms. The molecule has 4 rings (SSSR count). The highest BCUT2D eigenvalue weighted by molar-refractivity contribution is 6.33. The number of carbonyl (C=O) groups excluding carboxylic acids is 2. The number of anilines is 2. The van der Waals surface area contributed by atoms with Crippen LogP contribution in [0.25, 0.3) is 0 Å². The monoisotopic (exact) mass is 397 g/mol. The Hall–Kier alpha value is -2.53. The largest absolute Gasteiger partial charge is 0.367 e. The van der Waals surface area contributed by atoms with Crippen molar-refractivity contribution in [2.24, 2.45) is 11.8 Å². The maximum atomic E-state index is 12.9. The van der Waals surface area contributed by atoms with E-state index >= 15 is 0 Å². The molecule has 28 heavy (non-hydrogen) atoms. The second-order valence-corrected chi connectivity index (χ2v) is 8.03. The number of nitrogens with one attached hydrogen (secondary N) is 1. The Morgan fingerprint density at radius 1 is 1.04 bits per heavy atom. The first-order valence-electron chi connectivity index (χ1n) is 9.72. The highest BCUT2D eigenvalue weighted by Crippen LogP contribution is 2.38. The van der Waals surface area contributed by atoms with Crippen LogP contribution in [0.3, 0.4) is 0 Å². The summed E-state index contributed by atoms with van der Waals surface area (Å²) in [5.74, 6) is 0.608. The number of carbonyl (C=O) groups is 2. The summed E-state index contributed by atoms with van der Waals surface area (Å²) in [5, 5.41) is 3.67. The minimum Gasteiger partial charge on any atom is -0.367 e. The van der Waals surface area contributed by atoms with Gasteiger partial charge in [0.05, 0.1) is 10.7 Å². The molecule has 1 heterocycles. The van der Waals surface area contributed by atoms with Crippen LogP contribution in [0.2, 0.25) is 5.02 Å². The molecule has 2 unspecified atom stereocenters. The van der Waals surface area contributed by atoms with Gasteiger partial charge in [-0.15, -0.1) is 0 Å². The maximum absolute atomic E-state index is 12.9. The Labute approximate surface area is 170 Å². The summed E-state index contributed by atoms with van der Waals surface area (Å²) in [6.07, 6.45) is 0.945. The van der Waals surface area contributed by atoms with Crippen LogP contribution in [0.4, 0.5) is 11.4 Å². The van der Waals surface area contributed by atoms with E-state index in [1.807, 2.05) is 41.3 Å². The first-order valence-corrected chi connectivity index (χ1v) is 10.1. The topological polar surface area (TPSA) is 52.7 Å². The number of para-hydroxylation sites is 1. The van der Waals surface area contributed by atoms with Crippen molar-refractivity contribution < 1.29 is 9.59 Å². The van der Waals surface area contributed by atoms with Gasteiger partial charge in [-0.1, -0.05) is 36.7 Å². The molecule has 2 amide bonds. The van der Waals surface area contributed by atoms with Crippen LogP contribution in [0, 0.1) is 11.8 Å². The highest BCUT2D eigenvalue weighted by Gasteiger charge is 2.39. The van der Waals surface area contributed by atoms with E-state index in [4.69, 9.17) is 11.6 Å². The number of halogens is 1. The number of nitrogens with zero attached hydrogens (tertiary/aromatic N) is 2. The third kappa shape index (κ3) is 3.99. The number of piperazine rings is 1. The van der Waals surface area contributed by atoms with Crippen LogP contribution in [-0.2, 0) is 4.79 Å². The quantitative estimate of drug-likeness (QED) is 0.851. The zero-order valence-corrected chi connectivity index (χ0v) is 16.7. The second kappa shape index (κ2) is 7.84. The molecule has 2 aromatic rings. The van der Waals surface area contributed by atoms with Gasteiger partial charge >= 0.3 is 0 Å². The molecule has 5 nitrogen and oxygen atoms in total. The fourth-order valence-electron chi connectivity index (χ4n) is 3.69. The van der Waals surface area contributed by atoms with Gasteiger partial charge in [0.2, 0.25) is 5.91 Å². The van der Waals surface area contributed by atoms with Crippen molar-refractivity contribution in [2.75, 3.05) is 36.4 Å². The summed E-state index contributed by atoms with van der Waals surface area (Å²) in [7, 11) is 0. The predicted octanol–water partition coefficient (Wildman–Crippen LogP) is 3.90. The summed E-state index contributed by atoms with van der Waals surface area (Å²) in [6.45, 7) is 4.84. The van der Waals surface area contributed by atoms with Gasteiger partial charge in [-0.3, -0.25) is 9.59 Å². The average molecular weight is 398 g/mol. The first kappa shape index (κ1) is 18.8. The summed E-state index contributed by atoms with van der Waals surface area (Å²) in [5.41, 5.74) is 2.30. The molecule has 1 N–H and O–H groups in total. The number of hydrogen-bond donors (Lipinski definition) is 1.